The Morgan fingerprint density at radius 2 is 2.08 bits per heavy atom. The van der Waals surface area contributed by atoms with Crippen molar-refractivity contribution in [2.24, 2.45) is 5.10 Å². The molecule has 25 heavy (non-hydrogen) atoms. The average Bonchev–Trinajstić information content (AvgIpc) is 3.06. The number of rotatable bonds is 4. The van der Waals surface area contributed by atoms with Gasteiger partial charge in [0, 0.05) is 18.4 Å². The quantitative estimate of drug-likeness (QED) is 0.922. The number of hydrogen-bond acceptors (Lipinski definition) is 4. The van der Waals surface area contributed by atoms with E-state index in [1.807, 2.05) is 38.1 Å². The topological polar surface area (TPSA) is 62.1 Å². The van der Waals surface area contributed by atoms with Crippen LogP contribution < -0.4 is 4.74 Å². The number of benzene rings is 2. The van der Waals surface area contributed by atoms with Crippen molar-refractivity contribution < 1.29 is 14.6 Å². The molecule has 5 nitrogen and oxygen atoms in total. The number of ether oxygens (including phenoxy) is 1. The predicted octanol–water partition coefficient (Wildman–Crippen LogP) is 3.80. The van der Waals surface area contributed by atoms with Crippen LogP contribution in [-0.2, 0) is 4.79 Å². The summed E-state index contributed by atoms with van der Waals surface area (Å²) >= 11 is 0. The maximum atomic E-state index is 12.4. The first-order valence-corrected chi connectivity index (χ1v) is 8.37. The molecule has 0 radical (unpaired) electrons. The minimum Gasteiger partial charge on any atom is -0.504 e. The summed E-state index contributed by atoms with van der Waals surface area (Å²) in [5.41, 5.74) is 3.78. The van der Waals surface area contributed by atoms with Crippen LogP contribution in [-0.4, -0.2) is 28.8 Å². The van der Waals surface area contributed by atoms with Gasteiger partial charge in [-0.25, -0.2) is 5.01 Å². The van der Waals surface area contributed by atoms with E-state index < -0.39 is 0 Å². The molecule has 0 aliphatic carbocycles. The van der Waals surface area contributed by atoms with E-state index in [1.54, 1.807) is 12.1 Å². The fourth-order valence-corrected chi connectivity index (χ4v) is 3.17. The number of para-hydroxylation sites is 1. The predicted molar refractivity (Wildman–Crippen MR) is 96.9 cm³/mol. The van der Waals surface area contributed by atoms with Crippen LogP contribution in [0.5, 0.6) is 11.5 Å². The van der Waals surface area contributed by atoms with Crippen LogP contribution in [0.1, 0.15) is 42.5 Å². The number of hydrazone groups is 1. The van der Waals surface area contributed by atoms with Crippen LogP contribution in [0, 0.1) is 6.92 Å². The van der Waals surface area contributed by atoms with Gasteiger partial charge in [0.25, 0.3) is 0 Å². The minimum atomic E-state index is -0.287. The van der Waals surface area contributed by atoms with E-state index in [1.165, 1.54) is 12.1 Å². The van der Waals surface area contributed by atoms with Crippen molar-refractivity contribution in [1.82, 2.24) is 5.01 Å². The van der Waals surface area contributed by atoms with E-state index in [4.69, 9.17) is 4.74 Å². The summed E-state index contributed by atoms with van der Waals surface area (Å²) < 4.78 is 5.37. The van der Waals surface area contributed by atoms with Gasteiger partial charge in [-0.05, 0) is 18.6 Å². The number of amides is 1. The van der Waals surface area contributed by atoms with Crippen molar-refractivity contribution in [2.75, 3.05) is 7.11 Å². The van der Waals surface area contributed by atoms with Gasteiger partial charge in [0.1, 0.15) is 0 Å². The number of methoxy groups -OCH3 is 1. The van der Waals surface area contributed by atoms with Gasteiger partial charge < -0.3 is 9.84 Å². The third-order valence-corrected chi connectivity index (χ3v) is 4.41. The Balaban J connectivity index is 2.03. The van der Waals surface area contributed by atoms with Crippen molar-refractivity contribution in [2.45, 2.75) is 32.7 Å². The highest BCUT2D eigenvalue weighted by Gasteiger charge is 2.34. The highest BCUT2D eigenvalue weighted by atomic mass is 16.5. The molecule has 3 rings (SSSR count). The second-order valence-electron chi connectivity index (χ2n) is 6.13. The molecule has 0 saturated heterocycles. The molecule has 1 aliphatic heterocycles. The Morgan fingerprint density at radius 1 is 1.32 bits per heavy atom. The van der Waals surface area contributed by atoms with Crippen LogP contribution in [0.3, 0.4) is 0 Å². The van der Waals surface area contributed by atoms with Crippen molar-refractivity contribution in [3.8, 4) is 11.5 Å². The highest BCUT2D eigenvalue weighted by molar-refractivity contribution is 6.03. The summed E-state index contributed by atoms with van der Waals surface area (Å²) in [5.74, 6) is 0.396. The molecule has 0 unspecified atom stereocenters. The molecule has 1 atom stereocenters. The normalized spacial score (nSPS) is 16.7. The first-order valence-electron chi connectivity index (χ1n) is 8.37. The Hall–Kier alpha value is -2.82. The van der Waals surface area contributed by atoms with Gasteiger partial charge in [-0.15, -0.1) is 0 Å². The van der Waals surface area contributed by atoms with E-state index in [-0.39, 0.29) is 17.7 Å². The molecule has 5 heteroatoms. The largest absolute Gasteiger partial charge is 0.504 e. The summed E-state index contributed by atoms with van der Waals surface area (Å²) in [6.45, 7) is 3.85. The van der Waals surface area contributed by atoms with Gasteiger partial charge in [0.15, 0.2) is 11.5 Å². The molecule has 0 saturated carbocycles. The molecular weight excluding hydrogens is 316 g/mol. The fraction of sp³-hybridized carbons (Fsp3) is 0.300. The number of hydrogen-bond donors (Lipinski definition) is 1. The molecule has 1 heterocycles. The summed E-state index contributed by atoms with van der Waals surface area (Å²) in [6, 6.07) is 13.0. The van der Waals surface area contributed by atoms with E-state index in [0.29, 0.717) is 18.6 Å². The molecule has 2 aromatic rings. The SMILES string of the molecule is CCC(=O)N1N=C(c2cccc(C)c2)C[C@@H]1c1cccc(O)c1OC. The lowest BCUT2D eigenvalue weighted by molar-refractivity contribution is -0.132. The molecule has 0 aromatic heterocycles. The second-order valence-corrected chi connectivity index (χ2v) is 6.13. The van der Waals surface area contributed by atoms with Crippen LogP contribution in [0.25, 0.3) is 0 Å². The maximum Gasteiger partial charge on any atom is 0.242 e. The second kappa shape index (κ2) is 6.97. The number of aromatic hydroxyl groups is 1. The van der Waals surface area contributed by atoms with Crippen molar-refractivity contribution in [3.05, 3.63) is 59.2 Å². The Bertz CT molecular complexity index is 829. The molecular formula is C20H22N2O3. The summed E-state index contributed by atoms with van der Waals surface area (Å²) in [4.78, 5) is 12.4. The lowest BCUT2D eigenvalue weighted by atomic mass is 9.96. The molecule has 0 bridgehead atoms. The number of phenols is 1. The minimum absolute atomic E-state index is 0.0574. The monoisotopic (exact) mass is 338 g/mol. The molecule has 0 fully saturated rings. The van der Waals surface area contributed by atoms with Gasteiger partial charge in [0.05, 0.1) is 18.9 Å². The Kier molecular flexibility index (Phi) is 4.74. The van der Waals surface area contributed by atoms with Crippen molar-refractivity contribution >= 4 is 11.6 Å². The van der Waals surface area contributed by atoms with E-state index in [2.05, 4.69) is 11.2 Å². The number of aryl methyl sites for hydroxylation is 1. The smallest absolute Gasteiger partial charge is 0.242 e. The lowest BCUT2D eigenvalue weighted by Gasteiger charge is -2.23. The molecule has 1 amide bonds. The van der Waals surface area contributed by atoms with Crippen molar-refractivity contribution in [3.63, 3.8) is 0 Å². The summed E-state index contributed by atoms with van der Waals surface area (Å²) in [6.07, 6.45) is 0.942. The number of nitrogens with zero attached hydrogens (tertiary/aromatic N) is 2. The third-order valence-electron chi connectivity index (χ3n) is 4.41. The van der Waals surface area contributed by atoms with Gasteiger partial charge in [-0.3, -0.25) is 4.79 Å². The molecule has 0 spiro atoms. The van der Waals surface area contributed by atoms with E-state index >= 15 is 0 Å². The zero-order chi connectivity index (χ0) is 18.0. The average molecular weight is 338 g/mol. The molecule has 2 aromatic carbocycles. The number of carbonyl (C=O) groups excluding carboxylic acids is 1. The van der Waals surface area contributed by atoms with Crippen LogP contribution >= 0.6 is 0 Å². The summed E-state index contributed by atoms with van der Waals surface area (Å²) in [5, 5.41) is 16.2. The van der Waals surface area contributed by atoms with Crippen LogP contribution in [0.15, 0.2) is 47.6 Å². The van der Waals surface area contributed by atoms with Gasteiger partial charge >= 0.3 is 0 Å². The molecule has 130 valence electrons. The molecule has 1 aliphatic rings. The number of carbonyl (C=O) groups is 1. The fourth-order valence-electron chi connectivity index (χ4n) is 3.17. The van der Waals surface area contributed by atoms with Crippen LogP contribution in [0.2, 0.25) is 0 Å². The maximum absolute atomic E-state index is 12.4. The van der Waals surface area contributed by atoms with E-state index in [0.717, 1.165) is 22.4 Å². The van der Waals surface area contributed by atoms with Gasteiger partial charge in [0.2, 0.25) is 5.91 Å². The van der Waals surface area contributed by atoms with E-state index in [9.17, 15) is 9.90 Å². The van der Waals surface area contributed by atoms with Crippen molar-refractivity contribution in [1.29, 1.82) is 0 Å². The Labute approximate surface area is 147 Å². The number of phenolic OH excluding ortho intramolecular Hbond substituents is 1. The zero-order valence-electron chi connectivity index (χ0n) is 14.7. The zero-order valence-corrected chi connectivity index (χ0v) is 14.7. The van der Waals surface area contributed by atoms with Gasteiger partial charge in [-0.2, -0.15) is 5.10 Å². The highest BCUT2D eigenvalue weighted by Crippen LogP contribution is 2.41. The lowest BCUT2D eigenvalue weighted by Crippen LogP contribution is -2.26. The third kappa shape index (κ3) is 3.22. The van der Waals surface area contributed by atoms with Crippen LogP contribution in [0.4, 0.5) is 0 Å². The summed E-state index contributed by atoms with van der Waals surface area (Å²) in [7, 11) is 1.52. The van der Waals surface area contributed by atoms with Gasteiger partial charge in [-0.1, -0.05) is 48.9 Å². The first-order chi connectivity index (χ1) is 12.0. The Morgan fingerprint density at radius 3 is 2.76 bits per heavy atom. The standard InChI is InChI=1S/C20H22N2O3/c1-4-19(24)22-17(15-9-6-10-18(23)20(15)25-3)12-16(21-22)14-8-5-7-13(2)11-14/h5-11,17,23H,4,12H2,1-3H3/t17-/m1/s1. The first kappa shape index (κ1) is 17.0. The molecule has 1 N–H and O–H groups in total.